The Morgan fingerprint density at radius 3 is 2.44 bits per heavy atom. The first kappa shape index (κ1) is 21.2. The number of aliphatic carboxylic acids is 1. The minimum atomic E-state index is -1.15. The van der Waals surface area contributed by atoms with Gasteiger partial charge >= 0.3 is 5.97 Å². The van der Waals surface area contributed by atoms with Crippen molar-refractivity contribution in [3.05, 3.63) is 59.2 Å². The average molecular weight is 433 g/mol. The summed E-state index contributed by atoms with van der Waals surface area (Å²) in [6, 6.07) is 16.1. The molecule has 5 heteroatoms. The topological polar surface area (TPSA) is 60.9 Å². The van der Waals surface area contributed by atoms with Crippen molar-refractivity contribution in [2.24, 2.45) is 5.41 Å². The highest BCUT2D eigenvalue weighted by atomic mass is 16.4. The summed E-state index contributed by atoms with van der Waals surface area (Å²) in [7, 11) is 0. The highest BCUT2D eigenvalue weighted by molar-refractivity contribution is 6.04. The fourth-order valence-corrected chi connectivity index (χ4v) is 5.31. The molecule has 3 aliphatic rings. The molecule has 32 heavy (non-hydrogen) atoms. The Hall–Kier alpha value is -2.66. The Kier molecular flexibility index (Phi) is 5.54. The van der Waals surface area contributed by atoms with Gasteiger partial charge in [-0.1, -0.05) is 42.5 Å². The van der Waals surface area contributed by atoms with Gasteiger partial charge in [-0.25, -0.2) is 0 Å². The van der Waals surface area contributed by atoms with Crippen LogP contribution in [0, 0.1) is 5.41 Å². The van der Waals surface area contributed by atoms with Gasteiger partial charge in [0, 0.05) is 25.7 Å². The molecule has 0 unspecified atom stereocenters. The molecule has 1 saturated heterocycles. The number of rotatable bonds is 6. The summed E-state index contributed by atoms with van der Waals surface area (Å²) >= 11 is 0. The SMILES string of the molecule is C[C@@H]1CCCN1CCc1ccc(-c2ccc3c(c2)CCN(C(=O)C2(C(=O)O)CC2)C3)cc1. The van der Waals surface area contributed by atoms with Crippen LogP contribution in [0.15, 0.2) is 42.5 Å². The zero-order valence-electron chi connectivity index (χ0n) is 18.8. The second-order valence-corrected chi connectivity index (χ2v) is 9.82. The molecule has 0 spiro atoms. The van der Waals surface area contributed by atoms with Crippen LogP contribution in [0.25, 0.3) is 11.1 Å². The third kappa shape index (κ3) is 3.95. The molecule has 0 bridgehead atoms. The molecule has 5 rings (SSSR count). The third-order valence-corrected chi connectivity index (χ3v) is 7.74. The molecule has 2 aromatic carbocycles. The van der Waals surface area contributed by atoms with Gasteiger partial charge < -0.3 is 14.9 Å². The smallest absolute Gasteiger partial charge is 0.319 e. The van der Waals surface area contributed by atoms with Crippen molar-refractivity contribution in [3.8, 4) is 11.1 Å². The van der Waals surface area contributed by atoms with Crippen LogP contribution in [0.3, 0.4) is 0 Å². The summed E-state index contributed by atoms with van der Waals surface area (Å²) in [5.41, 5.74) is 5.04. The van der Waals surface area contributed by atoms with Crippen LogP contribution in [0.5, 0.6) is 0 Å². The Morgan fingerprint density at radius 1 is 1.03 bits per heavy atom. The number of fused-ring (bicyclic) bond motifs is 1. The van der Waals surface area contributed by atoms with E-state index in [9.17, 15) is 14.7 Å². The number of hydrogen-bond donors (Lipinski definition) is 1. The molecule has 2 heterocycles. The van der Waals surface area contributed by atoms with Crippen LogP contribution in [-0.4, -0.2) is 52.5 Å². The zero-order chi connectivity index (χ0) is 22.3. The van der Waals surface area contributed by atoms with Crippen LogP contribution in [0.1, 0.15) is 49.3 Å². The average Bonchev–Trinajstić information content (AvgIpc) is 3.53. The number of carbonyl (C=O) groups is 2. The summed E-state index contributed by atoms with van der Waals surface area (Å²) in [5.74, 6) is -1.18. The Bertz CT molecular complexity index is 1030. The van der Waals surface area contributed by atoms with Gasteiger partial charge in [-0.05, 0) is 79.8 Å². The van der Waals surface area contributed by atoms with E-state index in [-0.39, 0.29) is 5.91 Å². The lowest BCUT2D eigenvalue weighted by Gasteiger charge is -2.31. The quantitative estimate of drug-likeness (QED) is 0.698. The van der Waals surface area contributed by atoms with Crippen LogP contribution in [0.2, 0.25) is 0 Å². The summed E-state index contributed by atoms with van der Waals surface area (Å²) in [6.45, 7) is 5.80. The van der Waals surface area contributed by atoms with Gasteiger partial charge in [-0.3, -0.25) is 9.59 Å². The molecule has 1 aliphatic carbocycles. The van der Waals surface area contributed by atoms with Gasteiger partial charge in [-0.15, -0.1) is 0 Å². The fraction of sp³-hybridized carbons (Fsp3) is 0.481. The maximum atomic E-state index is 12.8. The van der Waals surface area contributed by atoms with E-state index in [4.69, 9.17) is 0 Å². The highest BCUT2D eigenvalue weighted by Crippen LogP contribution is 2.48. The predicted molar refractivity (Wildman–Crippen MR) is 124 cm³/mol. The Labute approximate surface area is 190 Å². The summed E-state index contributed by atoms with van der Waals surface area (Å²) in [6.07, 6.45) is 5.45. The van der Waals surface area contributed by atoms with Crippen molar-refractivity contribution >= 4 is 11.9 Å². The van der Waals surface area contributed by atoms with Crippen molar-refractivity contribution in [1.29, 1.82) is 0 Å². The molecule has 1 saturated carbocycles. The van der Waals surface area contributed by atoms with E-state index in [1.165, 1.54) is 41.6 Å². The van der Waals surface area contributed by atoms with Crippen molar-refractivity contribution in [2.45, 2.75) is 58.0 Å². The van der Waals surface area contributed by atoms with E-state index in [0.717, 1.165) is 31.0 Å². The number of carboxylic acids is 1. The number of likely N-dealkylation sites (tertiary alicyclic amines) is 1. The second-order valence-electron chi connectivity index (χ2n) is 9.82. The molecular formula is C27H32N2O3. The lowest BCUT2D eigenvalue weighted by Crippen LogP contribution is -2.43. The zero-order valence-corrected chi connectivity index (χ0v) is 18.8. The molecular weight excluding hydrogens is 400 g/mol. The largest absolute Gasteiger partial charge is 0.480 e. The highest BCUT2D eigenvalue weighted by Gasteiger charge is 2.58. The summed E-state index contributed by atoms with van der Waals surface area (Å²) in [5, 5.41) is 9.43. The maximum Gasteiger partial charge on any atom is 0.319 e. The molecule has 1 N–H and O–H groups in total. The van der Waals surface area contributed by atoms with Crippen LogP contribution in [0.4, 0.5) is 0 Å². The predicted octanol–water partition coefficient (Wildman–Crippen LogP) is 4.13. The van der Waals surface area contributed by atoms with Crippen molar-refractivity contribution in [2.75, 3.05) is 19.6 Å². The molecule has 1 atom stereocenters. The van der Waals surface area contributed by atoms with E-state index < -0.39 is 11.4 Å². The van der Waals surface area contributed by atoms with Crippen LogP contribution >= 0.6 is 0 Å². The number of carbonyl (C=O) groups excluding carboxylic acids is 1. The van der Waals surface area contributed by atoms with E-state index in [1.54, 1.807) is 4.90 Å². The lowest BCUT2D eigenvalue weighted by atomic mass is 9.93. The first-order valence-electron chi connectivity index (χ1n) is 11.9. The fourth-order valence-electron chi connectivity index (χ4n) is 5.31. The number of benzene rings is 2. The van der Waals surface area contributed by atoms with Crippen molar-refractivity contribution in [1.82, 2.24) is 9.80 Å². The van der Waals surface area contributed by atoms with Gasteiger partial charge in [-0.2, -0.15) is 0 Å². The standard InChI is InChI=1S/C27H32N2O3/c1-19-3-2-14-28(19)15-10-20-4-6-21(7-5-20)22-8-9-24-18-29(16-11-23(24)17-22)25(30)27(12-13-27)26(31)32/h4-9,17,19H,2-3,10-16,18H2,1H3,(H,31,32)/t19-/m1/s1. The molecule has 2 aromatic rings. The van der Waals surface area contributed by atoms with Crippen molar-refractivity contribution < 1.29 is 14.7 Å². The normalized spacial score (nSPS) is 21.9. The van der Waals surface area contributed by atoms with Gasteiger partial charge in [0.25, 0.3) is 0 Å². The molecule has 2 aliphatic heterocycles. The number of hydrogen-bond acceptors (Lipinski definition) is 3. The monoisotopic (exact) mass is 432 g/mol. The number of amides is 1. The molecule has 168 valence electrons. The van der Waals surface area contributed by atoms with E-state index in [2.05, 4.69) is 54.3 Å². The summed E-state index contributed by atoms with van der Waals surface area (Å²) in [4.78, 5) is 28.6. The number of carboxylic acid groups (broad SMARTS) is 1. The van der Waals surface area contributed by atoms with E-state index >= 15 is 0 Å². The Balaban J connectivity index is 1.24. The number of nitrogens with zero attached hydrogens (tertiary/aromatic N) is 2. The van der Waals surface area contributed by atoms with Gasteiger partial charge in [0.2, 0.25) is 5.91 Å². The Morgan fingerprint density at radius 2 is 1.78 bits per heavy atom. The maximum absolute atomic E-state index is 12.8. The minimum Gasteiger partial charge on any atom is -0.480 e. The van der Waals surface area contributed by atoms with Crippen LogP contribution in [-0.2, 0) is 29.0 Å². The molecule has 5 nitrogen and oxygen atoms in total. The van der Waals surface area contributed by atoms with Crippen LogP contribution < -0.4 is 0 Å². The summed E-state index contributed by atoms with van der Waals surface area (Å²) < 4.78 is 0. The van der Waals surface area contributed by atoms with Gasteiger partial charge in [0.15, 0.2) is 0 Å². The van der Waals surface area contributed by atoms with E-state index in [0.29, 0.717) is 25.9 Å². The minimum absolute atomic E-state index is 0.210. The van der Waals surface area contributed by atoms with Gasteiger partial charge in [0.05, 0.1) is 0 Å². The van der Waals surface area contributed by atoms with Crippen molar-refractivity contribution in [3.63, 3.8) is 0 Å². The van der Waals surface area contributed by atoms with Gasteiger partial charge in [0.1, 0.15) is 5.41 Å². The molecule has 0 aromatic heterocycles. The molecule has 0 radical (unpaired) electrons. The van der Waals surface area contributed by atoms with E-state index in [1.807, 2.05) is 0 Å². The first-order chi connectivity index (χ1) is 15.5. The third-order valence-electron chi connectivity index (χ3n) is 7.74. The molecule has 1 amide bonds. The molecule has 2 fully saturated rings. The lowest BCUT2D eigenvalue weighted by molar-refractivity contribution is -0.153. The first-order valence-corrected chi connectivity index (χ1v) is 11.9. The second kappa shape index (κ2) is 8.36.